The van der Waals surface area contributed by atoms with E-state index in [0.717, 1.165) is 5.56 Å². The van der Waals surface area contributed by atoms with Crippen LogP contribution in [-0.2, 0) is 10.0 Å². The lowest BCUT2D eigenvalue weighted by molar-refractivity contribution is 0.547. The van der Waals surface area contributed by atoms with Crippen molar-refractivity contribution in [3.8, 4) is 0 Å². The summed E-state index contributed by atoms with van der Waals surface area (Å²) in [5.41, 5.74) is 1.49. The van der Waals surface area contributed by atoms with E-state index < -0.39 is 15.8 Å². The maximum Gasteiger partial charge on any atom is 0.256 e. The standard InChI is InChI=1S/C17H17FN2O2S/c1-2-15(12-6-4-3-5-7-12)20-23(21,22)17-11-13-10-14(18)8-9-16(13)19-17/h3-11,15,19-20H,2H2,1H3/t15-/m0/s1. The van der Waals surface area contributed by atoms with Crippen LogP contribution in [0.25, 0.3) is 10.9 Å². The van der Waals surface area contributed by atoms with Crippen molar-refractivity contribution in [2.45, 2.75) is 24.4 Å². The second kappa shape index (κ2) is 6.14. The minimum absolute atomic E-state index is 0.0347. The van der Waals surface area contributed by atoms with Crippen LogP contribution in [0.15, 0.2) is 59.6 Å². The van der Waals surface area contributed by atoms with Crippen molar-refractivity contribution >= 4 is 20.9 Å². The second-order valence-corrected chi connectivity index (χ2v) is 7.04. The van der Waals surface area contributed by atoms with Gasteiger partial charge in [-0.05, 0) is 36.2 Å². The molecule has 2 aromatic carbocycles. The number of sulfonamides is 1. The molecular formula is C17H17FN2O2S. The molecule has 1 heterocycles. The lowest BCUT2D eigenvalue weighted by atomic mass is 10.1. The molecule has 0 radical (unpaired) electrons. The normalized spacial score (nSPS) is 13.3. The Balaban J connectivity index is 1.93. The number of hydrogen-bond donors (Lipinski definition) is 2. The fraction of sp³-hybridized carbons (Fsp3) is 0.176. The predicted molar refractivity (Wildman–Crippen MR) is 88.1 cm³/mol. The minimum Gasteiger partial charge on any atom is -0.345 e. The average Bonchev–Trinajstić information content (AvgIpc) is 2.97. The summed E-state index contributed by atoms with van der Waals surface area (Å²) < 4.78 is 41.1. The maximum atomic E-state index is 13.2. The Kier molecular flexibility index (Phi) is 4.19. The highest BCUT2D eigenvalue weighted by Crippen LogP contribution is 2.23. The third-order valence-corrected chi connectivity index (χ3v) is 5.15. The van der Waals surface area contributed by atoms with E-state index in [0.29, 0.717) is 17.3 Å². The Morgan fingerprint density at radius 1 is 1.13 bits per heavy atom. The van der Waals surface area contributed by atoms with Crippen LogP contribution in [0.2, 0.25) is 0 Å². The van der Waals surface area contributed by atoms with Gasteiger partial charge in [0.1, 0.15) is 10.8 Å². The van der Waals surface area contributed by atoms with Gasteiger partial charge in [0.15, 0.2) is 0 Å². The highest BCUT2D eigenvalue weighted by Gasteiger charge is 2.22. The zero-order valence-corrected chi connectivity index (χ0v) is 13.4. The summed E-state index contributed by atoms with van der Waals surface area (Å²) in [5.74, 6) is -0.399. The van der Waals surface area contributed by atoms with Crippen LogP contribution < -0.4 is 4.72 Å². The lowest BCUT2D eigenvalue weighted by Gasteiger charge is -2.16. The summed E-state index contributed by atoms with van der Waals surface area (Å²) in [5, 5.41) is 0.561. The van der Waals surface area contributed by atoms with E-state index in [2.05, 4.69) is 9.71 Å². The Hall–Kier alpha value is -2.18. The van der Waals surface area contributed by atoms with Crippen molar-refractivity contribution in [1.82, 2.24) is 9.71 Å². The number of aromatic amines is 1. The van der Waals surface area contributed by atoms with E-state index in [4.69, 9.17) is 0 Å². The molecule has 6 heteroatoms. The van der Waals surface area contributed by atoms with E-state index in [1.165, 1.54) is 24.3 Å². The molecule has 0 aliphatic heterocycles. The van der Waals surface area contributed by atoms with Crippen molar-refractivity contribution in [1.29, 1.82) is 0 Å². The van der Waals surface area contributed by atoms with Crippen LogP contribution in [0.1, 0.15) is 24.9 Å². The van der Waals surface area contributed by atoms with Crippen molar-refractivity contribution in [3.05, 3.63) is 66.0 Å². The molecule has 3 rings (SSSR count). The molecule has 120 valence electrons. The number of nitrogens with one attached hydrogen (secondary N) is 2. The molecule has 0 aliphatic carbocycles. The molecule has 0 saturated heterocycles. The fourth-order valence-electron chi connectivity index (χ4n) is 2.54. The van der Waals surface area contributed by atoms with Crippen LogP contribution in [0.4, 0.5) is 4.39 Å². The summed E-state index contributed by atoms with van der Waals surface area (Å²) >= 11 is 0. The average molecular weight is 332 g/mol. The van der Waals surface area contributed by atoms with Gasteiger partial charge in [-0.15, -0.1) is 0 Å². The minimum atomic E-state index is -3.72. The smallest absolute Gasteiger partial charge is 0.256 e. The largest absolute Gasteiger partial charge is 0.345 e. The Bertz CT molecular complexity index is 920. The first-order chi connectivity index (χ1) is 11.0. The highest BCUT2D eigenvalue weighted by molar-refractivity contribution is 7.89. The molecule has 1 aromatic heterocycles. The van der Waals surface area contributed by atoms with E-state index in [1.807, 2.05) is 37.3 Å². The zero-order chi connectivity index (χ0) is 16.4. The van der Waals surface area contributed by atoms with Gasteiger partial charge >= 0.3 is 0 Å². The van der Waals surface area contributed by atoms with Crippen LogP contribution in [0.5, 0.6) is 0 Å². The van der Waals surface area contributed by atoms with Gasteiger partial charge in [0.25, 0.3) is 10.0 Å². The summed E-state index contributed by atoms with van der Waals surface area (Å²) in [4.78, 5) is 2.83. The number of benzene rings is 2. The van der Waals surface area contributed by atoms with Crippen LogP contribution >= 0.6 is 0 Å². The number of aromatic nitrogens is 1. The SMILES string of the molecule is CC[C@H](NS(=O)(=O)c1cc2cc(F)ccc2[nH]1)c1ccccc1. The Morgan fingerprint density at radius 2 is 1.87 bits per heavy atom. The number of fused-ring (bicyclic) bond motifs is 1. The zero-order valence-electron chi connectivity index (χ0n) is 12.6. The second-order valence-electron chi connectivity index (χ2n) is 5.36. The third kappa shape index (κ3) is 3.28. The first-order valence-corrected chi connectivity index (χ1v) is 8.83. The van der Waals surface area contributed by atoms with Gasteiger partial charge in [-0.25, -0.2) is 17.5 Å². The van der Waals surface area contributed by atoms with E-state index in [9.17, 15) is 12.8 Å². The monoisotopic (exact) mass is 332 g/mol. The van der Waals surface area contributed by atoms with E-state index >= 15 is 0 Å². The van der Waals surface area contributed by atoms with Crippen molar-refractivity contribution in [2.24, 2.45) is 0 Å². The molecule has 2 N–H and O–H groups in total. The molecule has 1 atom stereocenters. The topological polar surface area (TPSA) is 62.0 Å². The van der Waals surface area contributed by atoms with Gasteiger partial charge in [-0.2, -0.15) is 0 Å². The molecule has 0 bridgehead atoms. The predicted octanol–water partition coefficient (Wildman–Crippen LogP) is 3.74. The molecule has 0 spiro atoms. The fourth-order valence-corrected chi connectivity index (χ4v) is 3.88. The molecular weight excluding hydrogens is 315 g/mol. The van der Waals surface area contributed by atoms with Crippen LogP contribution in [0, 0.1) is 5.82 Å². The van der Waals surface area contributed by atoms with Gasteiger partial charge in [0.2, 0.25) is 0 Å². The Labute approximate surface area is 134 Å². The molecule has 0 saturated carbocycles. The first kappa shape index (κ1) is 15.7. The molecule has 23 heavy (non-hydrogen) atoms. The lowest BCUT2D eigenvalue weighted by Crippen LogP contribution is -2.28. The van der Waals surface area contributed by atoms with Crippen LogP contribution in [0.3, 0.4) is 0 Å². The van der Waals surface area contributed by atoms with Gasteiger partial charge in [0.05, 0.1) is 0 Å². The molecule has 0 amide bonds. The van der Waals surface area contributed by atoms with E-state index in [-0.39, 0.29) is 11.1 Å². The molecule has 0 aliphatic rings. The highest BCUT2D eigenvalue weighted by atomic mass is 32.2. The maximum absolute atomic E-state index is 13.2. The van der Waals surface area contributed by atoms with E-state index in [1.54, 1.807) is 0 Å². The van der Waals surface area contributed by atoms with Gasteiger partial charge < -0.3 is 4.98 Å². The summed E-state index contributed by atoms with van der Waals surface area (Å²) in [6.45, 7) is 1.92. The van der Waals surface area contributed by atoms with Crippen molar-refractivity contribution in [2.75, 3.05) is 0 Å². The molecule has 3 aromatic rings. The van der Waals surface area contributed by atoms with Crippen molar-refractivity contribution in [3.63, 3.8) is 0 Å². The summed E-state index contributed by atoms with van der Waals surface area (Å²) in [6.07, 6.45) is 0.623. The molecule has 4 nitrogen and oxygen atoms in total. The Morgan fingerprint density at radius 3 is 2.57 bits per heavy atom. The quantitative estimate of drug-likeness (QED) is 0.748. The molecule has 0 fully saturated rings. The number of halogens is 1. The van der Waals surface area contributed by atoms with Crippen LogP contribution in [-0.4, -0.2) is 13.4 Å². The van der Waals surface area contributed by atoms with Gasteiger partial charge in [0, 0.05) is 16.9 Å². The third-order valence-electron chi connectivity index (χ3n) is 3.76. The van der Waals surface area contributed by atoms with Gasteiger partial charge in [-0.3, -0.25) is 0 Å². The summed E-state index contributed by atoms with van der Waals surface area (Å²) in [7, 11) is -3.72. The first-order valence-electron chi connectivity index (χ1n) is 7.35. The molecule has 0 unspecified atom stereocenters. The van der Waals surface area contributed by atoms with Crippen molar-refractivity contribution < 1.29 is 12.8 Å². The number of H-pyrrole nitrogens is 1. The number of hydrogen-bond acceptors (Lipinski definition) is 2. The summed E-state index contributed by atoms with van der Waals surface area (Å²) in [6, 6.07) is 14.7. The number of rotatable bonds is 5. The van der Waals surface area contributed by atoms with Gasteiger partial charge in [-0.1, -0.05) is 37.3 Å².